The van der Waals surface area contributed by atoms with Gasteiger partial charge >= 0.3 is 6.03 Å². The monoisotopic (exact) mass is 292 g/mol. The fraction of sp³-hybridized carbons (Fsp3) is 0.588. The summed E-state index contributed by atoms with van der Waals surface area (Å²) in [4.78, 5) is 12.1. The van der Waals surface area contributed by atoms with E-state index in [1.54, 1.807) is 0 Å². The molecule has 0 atom stereocenters. The van der Waals surface area contributed by atoms with Crippen LogP contribution in [-0.4, -0.2) is 24.3 Å². The molecule has 0 unspecified atom stereocenters. The average Bonchev–Trinajstić information content (AvgIpc) is 2.47. The number of aliphatic hydroxyl groups is 1. The molecule has 21 heavy (non-hydrogen) atoms. The van der Waals surface area contributed by atoms with Crippen molar-refractivity contribution in [3.05, 3.63) is 29.3 Å². The number of aliphatic hydroxyl groups excluding tert-OH is 1. The number of aryl methyl sites for hydroxylation is 2. The molecule has 0 aromatic heterocycles. The van der Waals surface area contributed by atoms with E-state index < -0.39 is 0 Å². The van der Waals surface area contributed by atoms with E-state index in [0.717, 1.165) is 29.7 Å². The number of rotatable bonds is 7. The summed E-state index contributed by atoms with van der Waals surface area (Å²) < 4.78 is 0. The Kier molecular flexibility index (Phi) is 6.69. The summed E-state index contributed by atoms with van der Waals surface area (Å²) in [6.45, 7) is 8.91. The van der Waals surface area contributed by atoms with Crippen molar-refractivity contribution in [1.29, 1.82) is 0 Å². The van der Waals surface area contributed by atoms with Crippen molar-refractivity contribution in [2.45, 2.75) is 47.0 Å². The predicted octanol–water partition coefficient (Wildman–Crippen LogP) is 3.61. The highest BCUT2D eigenvalue weighted by Crippen LogP contribution is 2.29. The molecule has 0 radical (unpaired) electrons. The second-order valence-corrected chi connectivity index (χ2v) is 5.81. The maximum atomic E-state index is 12.1. The van der Waals surface area contributed by atoms with Gasteiger partial charge in [-0.15, -0.1) is 0 Å². The zero-order valence-corrected chi connectivity index (χ0v) is 13.6. The van der Waals surface area contributed by atoms with Gasteiger partial charge in [0.15, 0.2) is 0 Å². The summed E-state index contributed by atoms with van der Waals surface area (Å²) >= 11 is 0. The van der Waals surface area contributed by atoms with Gasteiger partial charge in [-0.05, 0) is 55.7 Å². The molecule has 0 fully saturated rings. The second-order valence-electron chi connectivity index (χ2n) is 5.81. The highest BCUT2D eigenvalue weighted by Gasteiger charge is 2.26. The van der Waals surface area contributed by atoms with Crippen molar-refractivity contribution in [2.24, 2.45) is 5.41 Å². The Labute approximate surface area is 128 Å². The first-order valence-electron chi connectivity index (χ1n) is 7.69. The lowest BCUT2D eigenvalue weighted by Crippen LogP contribution is -2.39. The summed E-state index contributed by atoms with van der Waals surface area (Å²) in [5.41, 5.74) is 2.98. The van der Waals surface area contributed by atoms with Crippen LogP contribution in [0.1, 0.15) is 44.2 Å². The average molecular weight is 292 g/mol. The first-order chi connectivity index (χ1) is 9.96. The van der Waals surface area contributed by atoms with Crippen molar-refractivity contribution >= 4 is 11.7 Å². The quantitative estimate of drug-likeness (QED) is 0.719. The fourth-order valence-corrected chi connectivity index (χ4v) is 2.48. The predicted molar refractivity (Wildman–Crippen MR) is 87.7 cm³/mol. The van der Waals surface area contributed by atoms with Crippen LogP contribution < -0.4 is 10.6 Å². The molecule has 4 heteroatoms. The molecule has 118 valence electrons. The Morgan fingerprint density at radius 3 is 2.48 bits per heavy atom. The summed E-state index contributed by atoms with van der Waals surface area (Å²) in [5.74, 6) is 0. The lowest BCUT2D eigenvalue weighted by molar-refractivity contribution is 0.165. The van der Waals surface area contributed by atoms with Crippen LogP contribution in [0.4, 0.5) is 10.5 Å². The third-order valence-corrected chi connectivity index (χ3v) is 4.41. The van der Waals surface area contributed by atoms with Crippen LogP contribution in [0.2, 0.25) is 0 Å². The minimum atomic E-state index is -0.187. The van der Waals surface area contributed by atoms with Crippen molar-refractivity contribution < 1.29 is 9.90 Å². The SMILES string of the molecule is CCC(CC)(CCO)CNC(=O)Nc1cc(C)ccc1C. The molecule has 0 saturated heterocycles. The Hall–Kier alpha value is -1.55. The van der Waals surface area contributed by atoms with Gasteiger partial charge in [0.25, 0.3) is 0 Å². The highest BCUT2D eigenvalue weighted by molar-refractivity contribution is 5.90. The van der Waals surface area contributed by atoms with Crippen LogP contribution in [-0.2, 0) is 0 Å². The van der Waals surface area contributed by atoms with E-state index in [0.29, 0.717) is 13.0 Å². The summed E-state index contributed by atoms with van der Waals surface area (Å²) in [6.07, 6.45) is 2.59. The summed E-state index contributed by atoms with van der Waals surface area (Å²) in [6, 6.07) is 5.81. The van der Waals surface area contributed by atoms with Gasteiger partial charge < -0.3 is 15.7 Å². The lowest BCUT2D eigenvalue weighted by Gasteiger charge is -2.31. The molecule has 1 aromatic carbocycles. The van der Waals surface area contributed by atoms with E-state index in [1.165, 1.54) is 0 Å². The maximum Gasteiger partial charge on any atom is 0.319 e. The Bertz CT molecular complexity index is 468. The van der Waals surface area contributed by atoms with Gasteiger partial charge in [0.2, 0.25) is 0 Å². The van der Waals surface area contributed by atoms with Crippen LogP contribution in [0.5, 0.6) is 0 Å². The minimum Gasteiger partial charge on any atom is -0.396 e. The normalized spacial score (nSPS) is 11.3. The van der Waals surface area contributed by atoms with E-state index in [9.17, 15) is 9.90 Å². The Morgan fingerprint density at radius 1 is 1.24 bits per heavy atom. The maximum absolute atomic E-state index is 12.1. The number of urea groups is 1. The zero-order valence-electron chi connectivity index (χ0n) is 13.6. The molecule has 0 aliphatic heterocycles. The smallest absolute Gasteiger partial charge is 0.319 e. The molecular weight excluding hydrogens is 264 g/mol. The molecule has 1 rings (SSSR count). The van der Waals surface area contributed by atoms with Crippen LogP contribution in [0.15, 0.2) is 18.2 Å². The lowest BCUT2D eigenvalue weighted by atomic mass is 9.79. The summed E-state index contributed by atoms with van der Waals surface area (Å²) in [5, 5.41) is 15.0. The van der Waals surface area contributed by atoms with Gasteiger partial charge in [-0.2, -0.15) is 0 Å². The van der Waals surface area contributed by atoms with Crippen LogP contribution in [0.25, 0.3) is 0 Å². The van der Waals surface area contributed by atoms with Gasteiger partial charge in [0.1, 0.15) is 0 Å². The van der Waals surface area contributed by atoms with Gasteiger partial charge in [-0.25, -0.2) is 4.79 Å². The molecule has 1 aromatic rings. The molecule has 0 spiro atoms. The number of anilines is 1. The number of hydrogen-bond acceptors (Lipinski definition) is 2. The fourth-order valence-electron chi connectivity index (χ4n) is 2.48. The highest BCUT2D eigenvalue weighted by atomic mass is 16.3. The first-order valence-corrected chi connectivity index (χ1v) is 7.69. The van der Waals surface area contributed by atoms with Gasteiger partial charge in [0, 0.05) is 18.8 Å². The number of amides is 2. The molecule has 0 aliphatic rings. The van der Waals surface area contributed by atoms with Gasteiger partial charge in [0.05, 0.1) is 0 Å². The van der Waals surface area contributed by atoms with Crippen molar-refractivity contribution in [2.75, 3.05) is 18.5 Å². The van der Waals surface area contributed by atoms with E-state index >= 15 is 0 Å². The van der Waals surface area contributed by atoms with Crippen LogP contribution >= 0.6 is 0 Å². The van der Waals surface area contributed by atoms with E-state index in [-0.39, 0.29) is 18.1 Å². The second kappa shape index (κ2) is 8.03. The number of benzene rings is 1. The van der Waals surface area contributed by atoms with Crippen molar-refractivity contribution in [1.82, 2.24) is 5.32 Å². The van der Waals surface area contributed by atoms with E-state index in [2.05, 4.69) is 24.5 Å². The number of carbonyl (C=O) groups is 1. The zero-order chi connectivity index (χ0) is 15.9. The van der Waals surface area contributed by atoms with E-state index in [4.69, 9.17) is 0 Å². The minimum absolute atomic E-state index is 0.0201. The molecule has 4 nitrogen and oxygen atoms in total. The van der Waals surface area contributed by atoms with Crippen molar-refractivity contribution in [3.63, 3.8) is 0 Å². The standard InChI is InChI=1S/C17H28N2O2/c1-5-17(6-2,9-10-20)12-18-16(21)19-15-11-13(3)7-8-14(15)4/h7-8,11,20H,5-6,9-10,12H2,1-4H3,(H2,18,19,21). The summed E-state index contributed by atoms with van der Waals surface area (Å²) in [7, 11) is 0. The molecule has 0 saturated carbocycles. The van der Waals surface area contributed by atoms with E-state index in [1.807, 2.05) is 32.0 Å². The topological polar surface area (TPSA) is 61.4 Å². The number of hydrogen-bond donors (Lipinski definition) is 3. The largest absolute Gasteiger partial charge is 0.396 e. The van der Waals surface area contributed by atoms with Crippen LogP contribution in [0.3, 0.4) is 0 Å². The Balaban J connectivity index is 2.63. The Morgan fingerprint density at radius 2 is 1.90 bits per heavy atom. The molecular formula is C17H28N2O2. The third-order valence-electron chi connectivity index (χ3n) is 4.41. The van der Waals surface area contributed by atoms with Crippen molar-refractivity contribution in [3.8, 4) is 0 Å². The number of carbonyl (C=O) groups excluding carboxylic acids is 1. The first kappa shape index (κ1) is 17.5. The molecule has 0 bridgehead atoms. The number of nitrogens with one attached hydrogen (secondary N) is 2. The van der Waals surface area contributed by atoms with Crippen LogP contribution in [0, 0.1) is 19.3 Å². The molecule has 0 aliphatic carbocycles. The van der Waals surface area contributed by atoms with Gasteiger partial charge in [-0.1, -0.05) is 26.0 Å². The molecule has 3 N–H and O–H groups in total. The molecule has 0 heterocycles. The molecule has 2 amide bonds. The van der Waals surface area contributed by atoms with Gasteiger partial charge in [-0.3, -0.25) is 0 Å². The third kappa shape index (κ3) is 5.05.